The third-order valence-electron chi connectivity index (χ3n) is 6.11. The monoisotopic (exact) mass is 534 g/mol. The smallest absolute Gasteiger partial charge is 0.243 e. The summed E-state index contributed by atoms with van der Waals surface area (Å²) in [7, 11) is 0. The van der Waals surface area contributed by atoms with E-state index in [1.807, 2.05) is 54.6 Å². The van der Waals surface area contributed by atoms with E-state index in [9.17, 15) is 9.59 Å². The van der Waals surface area contributed by atoms with Crippen LogP contribution in [0.4, 0.5) is 0 Å². The first-order chi connectivity index (χ1) is 17.0. The summed E-state index contributed by atoms with van der Waals surface area (Å²) >= 11 is 3.48. The van der Waals surface area contributed by atoms with E-state index in [0.29, 0.717) is 32.4 Å². The molecule has 3 aromatic rings. The van der Waals surface area contributed by atoms with Crippen LogP contribution in [0.3, 0.4) is 0 Å². The van der Waals surface area contributed by atoms with Crippen LogP contribution in [0.5, 0.6) is 0 Å². The molecule has 5 heteroatoms. The fraction of sp³-hybridized carbons (Fsp3) is 0.333. The number of benzene rings is 3. The number of nitrogens with one attached hydrogen (secondary N) is 1. The molecule has 0 radical (unpaired) electrons. The summed E-state index contributed by atoms with van der Waals surface area (Å²) < 4.78 is 0.983. The summed E-state index contributed by atoms with van der Waals surface area (Å²) in [5, 5.41) is 3.07. The van der Waals surface area contributed by atoms with Crippen molar-refractivity contribution in [1.82, 2.24) is 10.2 Å². The second-order valence-corrected chi connectivity index (χ2v) is 9.90. The lowest BCUT2D eigenvalue weighted by molar-refractivity contribution is -0.141. The molecule has 4 nitrogen and oxygen atoms in total. The zero-order chi connectivity index (χ0) is 25.0. The summed E-state index contributed by atoms with van der Waals surface area (Å²) in [5.41, 5.74) is 4.36. The Bertz CT molecular complexity index is 1070. The predicted molar refractivity (Wildman–Crippen MR) is 146 cm³/mol. The van der Waals surface area contributed by atoms with E-state index in [4.69, 9.17) is 0 Å². The number of unbranched alkanes of at least 4 members (excludes halogenated alkanes) is 1. The van der Waals surface area contributed by atoms with Gasteiger partial charge in [0, 0.05) is 30.4 Å². The van der Waals surface area contributed by atoms with Crippen LogP contribution in [0.2, 0.25) is 0 Å². The van der Waals surface area contributed by atoms with Crippen molar-refractivity contribution in [1.29, 1.82) is 0 Å². The molecule has 0 fully saturated rings. The number of hydrogen-bond acceptors (Lipinski definition) is 2. The highest BCUT2D eigenvalue weighted by Crippen LogP contribution is 2.19. The highest BCUT2D eigenvalue weighted by Gasteiger charge is 2.30. The van der Waals surface area contributed by atoms with E-state index >= 15 is 0 Å². The van der Waals surface area contributed by atoms with Gasteiger partial charge in [-0.2, -0.15) is 0 Å². The summed E-state index contributed by atoms with van der Waals surface area (Å²) in [4.78, 5) is 28.8. The normalized spacial score (nSPS) is 11.6. The van der Waals surface area contributed by atoms with Gasteiger partial charge in [0.05, 0.1) is 0 Å². The van der Waals surface area contributed by atoms with Gasteiger partial charge >= 0.3 is 0 Å². The number of carbonyl (C=O) groups is 2. The Labute approximate surface area is 217 Å². The van der Waals surface area contributed by atoms with E-state index in [1.165, 1.54) is 5.56 Å². The lowest BCUT2D eigenvalue weighted by Gasteiger charge is -2.31. The van der Waals surface area contributed by atoms with Crippen LogP contribution in [0.1, 0.15) is 48.4 Å². The average molecular weight is 536 g/mol. The summed E-state index contributed by atoms with van der Waals surface area (Å²) in [6.07, 6.45) is 3.39. The number of aryl methyl sites for hydroxylation is 2. The zero-order valence-electron chi connectivity index (χ0n) is 20.7. The molecule has 0 bridgehead atoms. The molecule has 184 valence electrons. The molecule has 2 amide bonds. The topological polar surface area (TPSA) is 49.4 Å². The maximum Gasteiger partial charge on any atom is 0.243 e. The van der Waals surface area contributed by atoms with Crippen molar-refractivity contribution in [3.05, 3.63) is 106 Å². The zero-order valence-corrected chi connectivity index (χ0v) is 22.3. The highest BCUT2D eigenvalue weighted by atomic mass is 79.9. The summed E-state index contributed by atoms with van der Waals surface area (Å²) in [6.45, 7) is 5.16. The Hall–Kier alpha value is -2.92. The van der Waals surface area contributed by atoms with E-state index in [2.05, 4.69) is 59.4 Å². The highest BCUT2D eigenvalue weighted by molar-refractivity contribution is 9.10. The molecule has 1 N–H and O–H groups in total. The van der Waals surface area contributed by atoms with Gasteiger partial charge in [0.1, 0.15) is 6.04 Å². The Kier molecular flexibility index (Phi) is 10.5. The number of hydrogen-bond donors (Lipinski definition) is 1. The molecule has 0 aromatic heterocycles. The first-order valence-electron chi connectivity index (χ1n) is 12.4. The lowest BCUT2D eigenvalue weighted by Crippen LogP contribution is -2.50. The van der Waals surface area contributed by atoms with Crippen LogP contribution in [0.25, 0.3) is 0 Å². The quantitative estimate of drug-likeness (QED) is 0.279. The molecule has 0 aliphatic carbocycles. The van der Waals surface area contributed by atoms with Gasteiger partial charge in [-0.25, -0.2) is 0 Å². The van der Waals surface area contributed by atoms with E-state index in [-0.39, 0.29) is 11.8 Å². The maximum atomic E-state index is 13.7. The molecule has 0 saturated heterocycles. The molecular weight excluding hydrogens is 500 g/mol. The van der Waals surface area contributed by atoms with Crippen LogP contribution < -0.4 is 5.32 Å². The predicted octanol–water partition coefficient (Wildman–Crippen LogP) is 6.25. The first-order valence-corrected chi connectivity index (χ1v) is 13.2. The van der Waals surface area contributed by atoms with Crippen LogP contribution >= 0.6 is 15.9 Å². The third kappa shape index (κ3) is 8.66. The number of carbonyl (C=O) groups excluding carboxylic acids is 2. The Morgan fingerprint density at radius 2 is 1.54 bits per heavy atom. The van der Waals surface area contributed by atoms with Crippen molar-refractivity contribution in [3.63, 3.8) is 0 Å². The average Bonchev–Trinajstić information content (AvgIpc) is 2.87. The SMILES string of the molecule is CCCCNC(=O)C(Cc1ccccc1)N(Cc1ccc(Br)cc1)C(=O)CCc1ccc(C)cc1. The molecule has 3 rings (SSSR count). The molecule has 0 spiro atoms. The van der Waals surface area contributed by atoms with Gasteiger partial charge in [0.25, 0.3) is 0 Å². The van der Waals surface area contributed by atoms with Crippen molar-refractivity contribution in [2.45, 2.75) is 58.5 Å². The molecule has 1 atom stereocenters. The van der Waals surface area contributed by atoms with Crippen molar-refractivity contribution in [3.8, 4) is 0 Å². The van der Waals surface area contributed by atoms with Gasteiger partial charge in [-0.3, -0.25) is 9.59 Å². The molecule has 0 heterocycles. The molecule has 1 unspecified atom stereocenters. The molecule has 35 heavy (non-hydrogen) atoms. The maximum absolute atomic E-state index is 13.7. The number of amides is 2. The fourth-order valence-corrected chi connectivity index (χ4v) is 4.26. The minimum Gasteiger partial charge on any atom is -0.354 e. The molecule has 3 aromatic carbocycles. The van der Waals surface area contributed by atoms with E-state index in [1.54, 1.807) is 4.90 Å². The minimum atomic E-state index is -0.580. The summed E-state index contributed by atoms with van der Waals surface area (Å²) in [6, 6.07) is 25.6. The fourth-order valence-electron chi connectivity index (χ4n) is 4.00. The van der Waals surface area contributed by atoms with E-state index < -0.39 is 6.04 Å². The van der Waals surface area contributed by atoms with Crippen LogP contribution in [0, 0.1) is 6.92 Å². The van der Waals surface area contributed by atoms with Crippen molar-refractivity contribution < 1.29 is 9.59 Å². The Balaban J connectivity index is 1.86. The lowest BCUT2D eigenvalue weighted by atomic mass is 10.0. The van der Waals surface area contributed by atoms with Gasteiger partial charge in [0.15, 0.2) is 0 Å². The molecule has 0 aliphatic heterocycles. The molecular formula is C30H35BrN2O2. The van der Waals surface area contributed by atoms with Crippen molar-refractivity contribution in [2.75, 3.05) is 6.54 Å². The molecule has 0 aliphatic rings. The van der Waals surface area contributed by atoms with Crippen LogP contribution in [-0.2, 0) is 29.0 Å². The third-order valence-corrected chi connectivity index (χ3v) is 6.64. The van der Waals surface area contributed by atoms with Crippen molar-refractivity contribution in [2.24, 2.45) is 0 Å². The second kappa shape index (κ2) is 13.8. The Morgan fingerprint density at radius 3 is 2.20 bits per heavy atom. The largest absolute Gasteiger partial charge is 0.354 e. The second-order valence-electron chi connectivity index (χ2n) is 8.98. The van der Waals surface area contributed by atoms with Crippen LogP contribution in [-0.4, -0.2) is 29.3 Å². The number of nitrogens with zero attached hydrogens (tertiary/aromatic N) is 1. The number of rotatable bonds is 12. The van der Waals surface area contributed by atoms with Crippen LogP contribution in [0.15, 0.2) is 83.3 Å². The van der Waals surface area contributed by atoms with Gasteiger partial charge < -0.3 is 10.2 Å². The summed E-state index contributed by atoms with van der Waals surface area (Å²) in [5.74, 6) is -0.108. The Morgan fingerprint density at radius 1 is 0.886 bits per heavy atom. The molecule has 0 saturated carbocycles. The van der Waals surface area contributed by atoms with Gasteiger partial charge in [0.2, 0.25) is 11.8 Å². The van der Waals surface area contributed by atoms with Gasteiger partial charge in [-0.1, -0.05) is 102 Å². The first kappa shape index (κ1) is 26.7. The number of halogens is 1. The van der Waals surface area contributed by atoms with Gasteiger partial charge in [-0.05, 0) is 48.6 Å². The van der Waals surface area contributed by atoms with E-state index in [0.717, 1.165) is 34.0 Å². The standard InChI is InChI=1S/C30H35BrN2O2/c1-3-4-20-32-30(35)28(21-25-8-6-5-7-9-25)33(22-26-14-17-27(31)18-15-26)29(34)19-16-24-12-10-23(2)11-13-24/h5-15,17-18,28H,3-4,16,19-22H2,1-2H3,(H,32,35). The van der Waals surface area contributed by atoms with Crippen molar-refractivity contribution >= 4 is 27.7 Å². The van der Waals surface area contributed by atoms with Gasteiger partial charge in [-0.15, -0.1) is 0 Å². The minimum absolute atomic E-state index is 0.0138.